The predicted molar refractivity (Wildman–Crippen MR) is 222 cm³/mol. The summed E-state index contributed by atoms with van der Waals surface area (Å²) in [6, 6.07) is 12.0. The van der Waals surface area contributed by atoms with E-state index in [-0.39, 0.29) is 41.4 Å². The van der Waals surface area contributed by atoms with Crippen molar-refractivity contribution >= 4 is 51.9 Å². The summed E-state index contributed by atoms with van der Waals surface area (Å²) in [4.78, 5) is 82.7. The van der Waals surface area contributed by atoms with Crippen LogP contribution in [0.5, 0.6) is 5.75 Å². The third-order valence-corrected chi connectivity index (χ3v) is 13.6. The van der Waals surface area contributed by atoms with Crippen molar-refractivity contribution in [2.24, 2.45) is 5.92 Å². The summed E-state index contributed by atoms with van der Waals surface area (Å²) in [5, 5.41) is 10.8. The van der Waals surface area contributed by atoms with Gasteiger partial charge in [0.2, 0.25) is 17.7 Å². The summed E-state index contributed by atoms with van der Waals surface area (Å²) in [6.07, 6.45) is 5.68. The number of aromatic amines is 1. The van der Waals surface area contributed by atoms with Crippen molar-refractivity contribution in [2.45, 2.75) is 75.6 Å². The fourth-order valence-corrected chi connectivity index (χ4v) is 9.59. The van der Waals surface area contributed by atoms with Crippen LogP contribution in [-0.4, -0.2) is 141 Å². The normalized spacial score (nSPS) is 23.1. The number of nitrogens with zero attached hydrogens (tertiary/aromatic N) is 8. The number of H-pyrrole nitrogens is 1. The van der Waals surface area contributed by atoms with E-state index in [2.05, 4.69) is 47.1 Å². The largest absolute Gasteiger partial charge is 0.488 e. The number of carbonyl (C=O) groups is 5. The van der Waals surface area contributed by atoms with E-state index in [0.717, 1.165) is 57.3 Å². The Morgan fingerprint density at radius 1 is 0.836 bits per heavy atom. The van der Waals surface area contributed by atoms with E-state index in [9.17, 15) is 24.0 Å². The Hall–Kier alpha value is -5.97. The van der Waals surface area contributed by atoms with Crippen LogP contribution in [0.15, 0.2) is 48.8 Å². The van der Waals surface area contributed by atoms with Gasteiger partial charge >= 0.3 is 0 Å². The molecule has 61 heavy (non-hydrogen) atoms. The van der Waals surface area contributed by atoms with Gasteiger partial charge in [0.05, 0.1) is 28.0 Å². The third-order valence-electron chi connectivity index (χ3n) is 13.6. The summed E-state index contributed by atoms with van der Waals surface area (Å²) in [6.45, 7) is 7.22. The molecular formula is C44H49FN10O6. The lowest BCUT2D eigenvalue weighted by atomic mass is 9.89. The quantitative estimate of drug-likeness (QED) is 0.234. The number of fused-ring (bicyclic) bond motifs is 2. The van der Waals surface area contributed by atoms with E-state index in [1.807, 2.05) is 29.2 Å². The molecule has 2 N–H and O–H groups in total. The first-order chi connectivity index (χ1) is 29.4. The van der Waals surface area contributed by atoms with Gasteiger partial charge in [-0.2, -0.15) is 5.10 Å². The molecule has 5 amide bonds. The highest BCUT2D eigenvalue weighted by Gasteiger charge is 2.45. The molecule has 2 aromatic heterocycles. The Morgan fingerprint density at radius 3 is 2.33 bits per heavy atom. The number of nitrogens with one attached hydrogen (secondary N) is 2. The highest BCUT2D eigenvalue weighted by Crippen LogP contribution is 2.41. The number of likely N-dealkylation sites (tertiary alicyclic amines) is 1. The lowest BCUT2D eigenvalue weighted by molar-refractivity contribution is -0.139. The van der Waals surface area contributed by atoms with Crippen LogP contribution in [-0.2, 0) is 14.4 Å². The number of benzene rings is 2. The molecule has 10 rings (SSSR count). The third kappa shape index (κ3) is 7.57. The number of rotatable bonds is 9. The van der Waals surface area contributed by atoms with Crippen LogP contribution in [0.2, 0.25) is 0 Å². The number of alkyl halides is 1. The van der Waals surface area contributed by atoms with Crippen LogP contribution < -0.4 is 19.9 Å². The smallest absolute Gasteiger partial charge is 0.262 e. The minimum absolute atomic E-state index is 0.0603. The fraction of sp³-hybridized carbons (Fsp3) is 0.500. The van der Waals surface area contributed by atoms with Gasteiger partial charge in [0.15, 0.2) is 0 Å². The van der Waals surface area contributed by atoms with E-state index >= 15 is 4.39 Å². The average Bonchev–Trinajstić information content (AvgIpc) is 3.75. The first-order valence-electron chi connectivity index (χ1n) is 21.5. The second-order valence-electron chi connectivity index (χ2n) is 17.8. The van der Waals surface area contributed by atoms with E-state index in [4.69, 9.17) is 4.74 Å². The molecule has 1 atom stereocenters. The molecule has 5 aliphatic heterocycles. The highest BCUT2D eigenvalue weighted by atomic mass is 19.1. The molecule has 318 valence electrons. The number of piperidine rings is 3. The first kappa shape index (κ1) is 39.2. The maximum atomic E-state index is 16.3. The molecule has 4 saturated heterocycles. The molecule has 0 radical (unpaired) electrons. The number of piperazine rings is 1. The maximum Gasteiger partial charge on any atom is 0.262 e. The number of carbonyl (C=O) groups excluding carboxylic acids is 5. The standard InChI is InChI=1S/C44H49FN10O6/c1-43(10-11-43)61-29-3-5-33-32(23-29)38(50-49-33)34-24-36(47-26-46-34)53-20-18-51(19-21-53)25-44(45)12-16-54(17-13-44)40(58)27-8-14-52(15-9-27)28-2-4-30-31(22-28)42(60)55(41(30)59)35-6-7-37(56)48-39(35)57/h2-5,22-24,26-27,35H,6-21,25H2,1H3,(H,49,50)(H,48,56,57). The summed E-state index contributed by atoms with van der Waals surface area (Å²) in [7, 11) is 0. The zero-order valence-electron chi connectivity index (χ0n) is 34.2. The Morgan fingerprint density at radius 2 is 1.59 bits per heavy atom. The number of imide groups is 2. The lowest BCUT2D eigenvalue weighted by Crippen LogP contribution is -2.55. The van der Waals surface area contributed by atoms with Gasteiger partial charge < -0.3 is 19.4 Å². The number of halogens is 1. The zero-order valence-corrected chi connectivity index (χ0v) is 34.2. The lowest BCUT2D eigenvalue weighted by Gasteiger charge is -2.43. The molecule has 17 heteroatoms. The second kappa shape index (κ2) is 15.2. The van der Waals surface area contributed by atoms with Crippen LogP contribution in [0.4, 0.5) is 15.9 Å². The highest BCUT2D eigenvalue weighted by molar-refractivity contribution is 6.23. The second-order valence-corrected chi connectivity index (χ2v) is 17.8. The molecule has 16 nitrogen and oxygen atoms in total. The van der Waals surface area contributed by atoms with E-state index < -0.39 is 35.3 Å². The van der Waals surface area contributed by atoms with Gasteiger partial charge in [-0.1, -0.05) is 0 Å². The summed E-state index contributed by atoms with van der Waals surface area (Å²) < 4.78 is 22.5. The molecule has 5 fully saturated rings. The molecule has 2 aromatic carbocycles. The van der Waals surface area contributed by atoms with Crippen molar-refractivity contribution < 1.29 is 33.1 Å². The molecule has 1 unspecified atom stereocenters. The van der Waals surface area contributed by atoms with Crippen LogP contribution in [0.25, 0.3) is 22.3 Å². The molecule has 1 aliphatic carbocycles. The molecular weight excluding hydrogens is 784 g/mol. The van der Waals surface area contributed by atoms with E-state index in [1.165, 1.54) is 0 Å². The summed E-state index contributed by atoms with van der Waals surface area (Å²) in [5.74, 6) is -0.613. The van der Waals surface area contributed by atoms with Crippen LogP contribution in [0.3, 0.4) is 0 Å². The van der Waals surface area contributed by atoms with Gasteiger partial charge in [0.1, 0.15) is 35.2 Å². The number of amides is 5. The van der Waals surface area contributed by atoms with Crippen molar-refractivity contribution in [3.05, 3.63) is 59.9 Å². The van der Waals surface area contributed by atoms with Gasteiger partial charge in [0, 0.05) is 101 Å². The number of aromatic nitrogens is 4. The SMILES string of the molecule is CC1(Oc2ccc3n[nH]c(-c4cc(N5CCN(CC6(F)CCN(C(=O)C7CCN(c8ccc9c(c8)C(=O)N(C8CCC(=O)NC8=O)C9=O)CC7)CC6)CC5)ncn4)c3c2)CC1. The van der Waals surface area contributed by atoms with E-state index in [1.54, 1.807) is 24.5 Å². The van der Waals surface area contributed by atoms with Crippen molar-refractivity contribution in [2.75, 3.05) is 68.7 Å². The molecule has 0 bridgehead atoms. The molecule has 7 heterocycles. The Balaban J connectivity index is 0.692. The van der Waals surface area contributed by atoms with Gasteiger partial charge in [-0.25, -0.2) is 14.4 Å². The fourth-order valence-electron chi connectivity index (χ4n) is 9.59. The van der Waals surface area contributed by atoms with E-state index in [0.29, 0.717) is 84.6 Å². The number of hydrogen-bond donors (Lipinski definition) is 2. The van der Waals surface area contributed by atoms with Gasteiger partial charge in [-0.3, -0.25) is 44.2 Å². The predicted octanol–water partition coefficient (Wildman–Crippen LogP) is 3.72. The van der Waals surface area contributed by atoms with Crippen LogP contribution in [0, 0.1) is 5.92 Å². The van der Waals surface area contributed by atoms with Crippen molar-refractivity contribution in [1.82, 2.24) is 40.2 Å². The van der Waals surface area contributed by atoms with Gasteiger partial charge in [0.25, 0.3) is 11.8 Å². The van der Waals surface area contributed by atoms with Crippen molar-refractivity contribution in [3.8, 4) is 17.1 Å². The number of hydrogen-bond acceptors (Lipinski definition) is 12. The summed E-state index contributed by atoms with van der Waals surface area (Å²) >= 11 is 0. The molecule has 4 aromatic rings. The average molecular weight is 833 g/mol. The molecule has 1 saturated carbocycles. The van der Waals surface area contributed by atoms with Crippen LogP contribution in [0.1, 0.15) is 79.0 Å². The summed E-state index contributed by atoms with van der Waals surface area (Å²) in [5.41, 5.74) is 2.18. The number of anilines is 2. The minimum Gasteiger partial charge on any atom is -0.488 e. The zero-order chi connectivity index (χ0) is 42.0. The number of ether oxygens (including phenoxy) is 1. The maximum absolute atomic E-state index is 16.3. The first-order valence-corrected chi connectivity index (χ1v) is 21.5. The minimum atomic E-state index is -1.37. The molecule has 0 spiro atoms. The van der Waals surface area contributed by atoms with Crippen LogP contribution >= 0.6 is 0 Å². The van der Waals surface area contributed by atoms with Gasteiger partial charge in [-0.05, 0) is 75.4 Å². The monoisotopic (exact) mass is 832 g/mol. The van der Waals surface area contributed by atoms with Gasteiger partial charge in [-0.15, -0.1) is 0 Å². The Bertz CT molecular complexity index is 2430. The Kier molecular flexibility index (Phi) is 9.75. The molecule has 6 aliphatic rings. The Labute approximate surface area is 351 Å². The van der Waals surface area contributed by atoms with Crippen molar-refractivity contribution in [3.63, 3.8) is 0 Å². The van der Waals surface area contributed by atoms with Crippen molar-refractivity contribution in [1.29, 1.82) is 0 Å². The topological polar surface area (TPSA) is 177 Å².